The number of pyridine rings is 1. The van der Waals surface area contributed by atoms with E-state index in [1.54, 1.807) is 17.5 Å². The molecule has 1 aromatic carbocycles. The molecule has 8 rings (SSSR count). The van der Waals surface area contributed by atoms with Gasteiger partial charge in [0.2, 0.25) is 0 Å². The van der Waals surface area contributed by atoms with Gasteiger partial charge in [0.25, 0.3) is 0 Å². The van der Waals surface area contributed by atoms with Crippen LogP contribution in [0.5, 0.6) is 0 Å². The van der Waals surface area contributed by atoms with Gasteiger partial charge in [-0.1, -0.05) is 25.5 Å². The Kier molecular flexibility index (Phi) is 8.10. The van der Waals surface area contributed by atoms with E-state index < -0.39 is 17.4 Å². The second-order valence-electron chi connectivity index (χ2n) is 15.0. The van der Waals surface area contributed by atoms with Crippen molar-refractivity contribution in [2.24, 2.45) is 5.92 Å². The third-order valence-electron chi connectivity index (χ3n) is 11.4. The van der Waals surface area contributed by atoms with E-state index in [0.29, 0.717) is 36.8 Å². The highest BCUT2D eigenvalue weighted by atomic mass is 32.1. The van der Waals surface area contributed by atoms with E-state index in [4.69, 9.17) is 0 Å². The molecule has 1 N–H and O–H groups in total. The Morgan fingerprint density at radius 1 is 1.08 bits per heavy atom. The molecule has 4 aromatic rings. The summed E-state index contributed by atoms with van der Waals surface area (Å²) in [7, 11) is 2.22. The molecule has 3 aliphatic heterocycles. The first-order valence-corrected chi connectivity index (χ1v) is 18.3. The van der Waals surface area contributed by atoms with E-state index >= 15 is 0 Å². The number of rotatable bonds is 5. The number of fused-ring (bicyclic) bond motifs is 2. The van der Waals surface area contributed by atoms with Crippen molar-refractivity contribution >= 4 is 16.9 Å². The molecule has 6 heterocycles. The summed E-state index contributed by atoms with van der Waals surface area (Å²) >= 11 is 1.58. The lowest BCUT2D eigenvalue weighted by Crippen LogP contribution is -2.63. The highest BCUT2D eigenvalue weighted by molar-refractivity contribution is 7.09. The Morgan fingerprint density at radius 3 is 2.60 bits per heavy atom. The summed E-state index contributed by atoms with van der Waals surface area (Å²) < 4.78 is 47.1. The molecule has 8 nitrogen and oxygen atoms in total. The van der Waals surface area contributed by atoms with Gasteiger partial charge in [0.05, 0.1) is 41.1 Å². The summed E-state index contributed by atoms with van der Waals surface area (Å²) in [5.41, 5.74) is 7.66. The molecule has 1 saturated carbocycles. The SMILES string of the molecule is CC1CC(c2cccc(-n3cc4c(C(F)(F)F)cc(CN5CCc6ncsc6C5)cn4c3=O)c2)(C2N[N+]3(CCCCCCC3)CN2C)C1. The Labute approximate surface area is 283 Å². The second kappa shape index (κ2) is 12.1. The average Bonchev–Trinajstić information content (AvgIpc) is 3.72. The lowest BCUT2D eigenvalue weighted by Gasteiger charge is -2.51. The third-order valence-corrected chi connectivity index (χ3v) is 12.3. The van der Waals surface area contributed by atoms with Crippen LogP contribution in [0.2, 0.25) is 0 Å². The summed E-state index contributed by atoms with van der Waals surface area (Å²) in [4.78, 5) is 24.1. The fourth-order valence-corrected chi connectivity index (χ4v) is 10.1. The van der Waals surface area contributed by atoms with Crippen molar-refractivity contribution < 1.29 is 17.8 Å². The van der Waals surface area contributed by atoms with Gasteiger partial charge in [-0.2, -0.15) is 13.2 Å². The van der Waals surface area contributed by atoms with Gasteiger partial charge in [-0.25, -0.2) is 19.3 Å². The maximum absolute atomic E-state index is 14.5. The largest absolute Gasteiger partial charge is 0.418 e. The molecule has 0 radical (unpaired) electrons. The van der Waals surface area contributed by atoms with E-state index in [2.05, 4.69) is 40.2 Å². The summed E-state index contributed by atoms with van der Waals surface area (Å²) in [6.45, 7) is 7.21. The molecule has 48 heavy (non-hydrogen) atoms. The third kappa shape index (κ3) is 5.63. The zero-order valence-corrected chi connectivity index (χ0v) is 28.6. The first kappa shape index (κ1) is 32.2. The summed E-state index contributed by atoms with van der Waals surface area (Å²) in [5.74, 6) is 0.570. The van der Waals surface area contributed by atoms with Crippen LogP contribution in [-0.2, 0) is 31.1 Å². The van der Waals surface area contributed by atoms with Crippen molar-refractivity contribution in [1.29, 1.82) is 0 Å². The molecule has 1 spiro atoms. The standard InChI is InChI=1S/C36H45F3N7OS/c1-25-17-35(18-25,33-41-46(24-42(33)2)13-6-4-3-5-7-14-46)27-9-8-10-28(16-27)44-21-31-29(36(37,38)39)15-26(20-45(31)34(44)47)19-43-12-11-30-32(22-43)48-23-40-30/h8-10,15-16,20-21,23,25,33,41H,3-7,11-14,17-19,22,24H2,1-2H3/q+1. The van der Waals surface area contributed by atoms with Gasteiger partial charge in [-0.3, -0.25) is 13.9 Å². The molecule has 3 fully saturated rings. The highest BCUT2D eigenvalue weighted by Crippen LogP contribution is 2.52. The van der Waals surface area contributed by atoms with Crippen molar-refractivity contribution in [3.05, 3.63) is 86.0 Å². The number of hydrogen-bond donors (Lipinski definition) is 1. The minimum atomic E-state index is -4.61. The van der Waals surface area contributed by atoms with E-state index in [1.165, 1.54) is 53.3 Å². The number of hydrogen-bond acceptors (Lipinski definition) is 6. The topological polar surface area (TPSA) is 57.8 Å². The van der Waals surface area contributed by atoms with Crippen LogP contribution in [-0.4, -0.2) is 67.9 Å². The van der Waals surface area contributed by atoms with Crippen LogP contribution < -0.4 is 11.1 Å². The van der Waals surface area contributed by atoms with E-state index in [-0.39, 0.29) is 17.1 Å². The van der Waals surface area contributed by atoms with Gasteiger partial charge in [0.15, 0.2) is 6.67 Å². The van der Waals surface area contributed by atoms with Crippen molar-refractivity contribution in [3.63, 3.8) is 0 Å². The van der Waals surface area contributed by atoms with Crippen LogP contribution >= 0.6 is 11.3 Å². The molecular weight excluding hydrogens is 636 g/mol. The van der Waals surface area contributed by atoms with Gasteiger partial charge in [0, 0.05) is 48.7 Å². The maximum atomic E-state index is 14.5. The van der Waals surface area contributed by atoms with Gasteiger partial charge in [-0.15, -0.1) is 16.8 Å². The van der Waals surface area contributed by atoms with Crippen LogP contribution in [0, 0.1) is 5.92 Å². The number of aromatic nitrogens is 3. The van der Waals surface area contributed by atoms with Gasteiger partial charge in [-0.05, 0) is 80.8 Å². The van der Waals surface area contributed by atoms with Crippen molar-refractivity contribution in [3.8, 4) is 5.69 Å². The number of quaternary nitrogens is 1. The second-order valence-corrected chi connectivity index (χ2v) is 15.9. The highest BCUT2D eigenvalue weighted by Gasteiger charge is 2.57. The first-order chi connectivity index (χ1) is 23.0. The van der Waals surface area contributed by atoms with Crippen LogP contribution in [0.25, 0.3) is 11.2 Å². The van der Waals surface area contributed by atoms with Crippen molar-refractivity contribution in [1.82, 2.24) is 29.2 Å². The quantitative estimate of drug-likeness (QED) is 0.251. The van der Waals surface area contributed by atoms with Crippen LogP contribution in [0.1, 0.15) is 79.1 Å². The fraction of sp³-hybridized carbons (Fsp3) is 0.556. The number of likely N-dealkylation sites (N-methyl/N-ethyl adjacent to an activating group) is 1. The predicted molar refractivity (Wildman–Crippen MR) is 181 cm³/mol. The normalized spacial score (nSPS) is 26.8. The molecule has 256 valence electrons. The van der Waals surface area contributed by atoms with Gasteiger partial charge < -0.3 is 0 Å². The number of thiazole rings is 1. The molecule has 2 saturated heterocycles. The number of nitrogens with one attached hydrogen (secondary N) is 1. The Morgan fingerprint density at radius 2 is 1.85 bits per heavy atom. The minimum Gasteiger partial charge on any atom is -0.293 e. The fourth-order valence-electron chi connectivity index (χ4n) is 9.27. The van der Waals surface area contributed by atoms with Crippen molar-refractivity contribution in [2.75, 3.05) is 33.4 Å². The summed E-state index contributed by atoms with van der Waals surface area (Å²) in [6, 6.07) is 9.21. The number of halogens is 3. The van der Waals surface area contributed by atoms with Crippen LogP contribution in [0.3, 0.4) is 0 Å². The lowest BCUT2D eigenvalue weighted by molar-refractivity contribution is -0.963. The van der Waals surface area contributed by atoms with Gasteiger partial charge >= 0.3 is 11.9 Å². The Hall–Kier alpha value is -3.03. The molecule has 0 bridgehead atoms. The lowest BCUT2D eigenvalue weighted by atomic mass is 9.57. The molecule has 12 heteroatoms. The zero-order valence-electron chi connectivity index (χ0n) is 27.8. The molecule has 4 aliphatic rings. The molecule has 1 atom stereocenters. The molecule has 1 aliphatic carbocycles. The smallest absolute Gasteiger partial charge is 0.293 e. The predicted octanol–water partition coefficient (Wildman–Crippen LogP) is 6.31. The summed E-state index contributed by atoms with van der Waals surface area (Å²) in [6.07, 6.45) is 7.64. The molecular formula is C36H45F3N7OS+. The summed E-state index contributed by atoms with van der Waals surface area (Å²) in [5, 5.41) is 0. The molecule has 1 unspecified atom stereocenters. The maximum Gasteiger partial charge on any atom is 0.418 e. The Balaban J connectivity index is 1.14. The van der Waals surface area contributed by atoms with Crippen LogP contribution in [0.15, 0.2) is 53.0 Å². The van der Waals surface area contributed by atoms with Crippen molar-refractivity contribution in [2.45, 2.75) is 89.1 Å². The zero-order chi connectivity index (χ0) is 33.3. The Bertz CT molecular complexity index is 1860. The first-order valence-electron chi connectivity index (χ1n) is 17.5. The van der Waals surface area contributed by atoms with E-state index in [0.717, 1.165) is 59.7 Å². The number of nitrogens with zero attached hydrogens (tertiary/aromatic N) is 6. The average molecular weight is 681 g/mol. The van der Waals surface area contributed by atoms with E-state index in [9.17, 15) is 18.0 Å². The number of imidazole rings is 1. The monoisotopic (exact) mass is 680 g/mol. The minimum absolute atomic E-state index is 0.127. The van der Waals surface area contributed by atoms with Gasteiger partial charge in [0.1, 0.15) is 6.17 Å². The van der Waals surface area contributed by atoms with E-state index in [1.807, 2.05) is 23.7 Å². The van der Waals surface area contributed by atoms with Crippen LogP contribution in [0.4, 0.5) is 13.2 Å². The number of benzene rings is 1. The molecule has 0 amide bonds. The number of alkyl halides is 3. The molecule has 3 aromatic heterocycles.